The van der Waals surface area contributed by atoms with Crippen LogP contribution < -0.4 is 0 Å². The number of piperidine rings is 1. The molecule has 11 heteroatoms. The number of halogens is 1. The normalized spacial score (nSPS) is 22.7. The van der Waals surface area contributed by atoms with Gasteiger partial charge < -0.3 is 9.84 Å². The van der Waals surface area contributed by atoms with E-state index in [4.69, 9.17) is 4.74 Å². The quantitative estimate of drug-likeness (QED) is 0.429. The number of carbonyl (C=O) groups is 3. The van der Waals surface area contributed by atoms with Gasteiger partial charge in [-0.15, -0.1) is 5.10 Å². The SMILES string of the molecule is COC(=O)Cn1nncc1/C=C1\CN(C(C(=O)C2CC2)c2ccccc2F)CCC1(O)SC(C)=O. The van der Waals surface area contributed by atoms with Crippen molar-refractivity contribution in [3.8, 4) is 0 Å². The Labute approximate surface area is 206 Å². The Balaban J connectivity index is 1.72. The molecule has 9 nitrogen and oxygen atoms in total. The van der Waals surface area contributed by atoms with Crippen molar-refractivity contribution in [3.63, 3.8) is 0 Å². The molecule has 2 fully saturated rings. The Morgan fingerprint density at radius 3 is 2.74 bits per heavy atom. The molecule has 4 rings (SSSR count). The van der Waals surface area contributed by atoms with Gasteiger partial charge in [0.25, 0.3) is 0 Å². The highest BCUT2D eigenvalue weighted by atomic mass is 32.2. The van der Waals surface area contributed by atoms with Gasteiger partial charge >= 0.3 is 5.97 Å². The van der Waals surface area contributed by atoms with Crippen LogP contribution in [0.5, 0.6) is 0 Å². The van der Waals surface area contributed by atoms with Crippen LogP contribution in [0.1, 0.15) is 43.5 Å². The fourth-order valence-electron chi connectivity index (χ4n) is 4.29. The van der Waals surface area contributed by atoms with Gasteiger partial charge in [0.15, 0.2) is 10.9 Å². The van der Waals surface area contributed by atoms with Crippen molar-refractivity contribution in [2.24, 2.45) is 5.92 Å². The summed E-state index contributed by atoms with van der Waals surface area (Å²) in [6.45, 7) is 1.58. The number of ether oxygens (including phenoxy) is 1. The summed E-state index contributed by atoms with van der Waals surface area (Å²) < 4.78 is 20.8. The number of likely N-dealkylation sites (tertiary alicyclic amines) is 1. The lowest BCUT2D eigenvalue weighted by molar-refractivity contribution is -0.141. The number of carbonyl (C=O) groups excluding carboxylic acids is 3. The molecule has 1 saturated heterocycles. The van der Waals surface area contributed by atoms with E-state index in [1.165, 1.54) is 31.0 Å². The summed E-state index contributed by atoms with van der Waals surface area (Å²) >= 11 is 0.793. The highest BCUT2D eigenvalue weighted by Gasteiger charge is 2.45. The lowest BCUT2D eigenvalue weighted by atomic mass is 9.92. The highest BCUT2D eigenvalue weighted by Crippen LogP contribution is 2.44. The second kappa shape index (κ2) is 10.4. The first kappa shape index (κ1) is 25.2. The summed E-state index contributed by atoms with van der Waals surface area (Å²) in [6.07, 6.45) is 4.75. The van der Waals surface area contributed by atoms with Crippen molar-refractivity contribution < 1.29 is 28.6 Å². The minimum absolute atomic E-state index is 0.0449. The number of thioether (sulfide) groups is 1. The zero-order valence-corrected chi connectivity index (χ0v) is 20.3. The summed E-state index contributed by atoms with van der Waals surface area (Å²) in [5, 5.41) is 18.9. The lowest BCUT2D eigenvalue weighted by Crippen LogP contribution is -2.48. The first-order valence-corrected chi connectivity index (χ1v) is 12.1. The third-order valence-electron chi connectivity index (χ3n) is 6.22. The van der Waals surface area contributed by atoms with Gasteiger partial charge in [0.2, 0.25) is 0 Å². The molecule has 0 spiro atoms. The fraction of sp³-hybridized carbons (Fsp3) is 0.458. The molecule has 1 aromatic carbocycles. The average molecular weight is 503 g/mol. The smallest absolute Gasteiger partial charge is 0.327 e. The molecule has 0 bridgehead atoms. The number of esters is 1. The predicted molar refractivity (Wildman–Crippen MR) is 126 cm³/mol. The molecule has 1 aliphatic carbocycles. The third-order valence-corrected chi connectivity index (χ3v) is 7.31. The summed E-state index contributed by atoms with van der Waals surface area (Å²) in [4.78, 5) is 37.3. The van der Waals surface area contributed by atoms with Crippen LogP contribution in [0.2, 0.25) is 0 Å². The number of Topliss-reactive ketones (excluding diaryl/α,β-unsaturated/α-hetero) is 1. The van der Waals surface area contributed by atoms with E-state index >= 15 is 0 Å². The van der Waals surface area contributed by atoms with E-state index in [1.807, 2.05) is 4.90 Å². The van der Waals surface area contributed by atoms with Crippen molar-refractivity contribution in [2.75, 3.05) is 20.2 Å². The summed E-state index contributed by atoms with van der Waals surface area (Å²) in [5.74, 6) is -1.14. The molecule has 2 aliphatic rings. The topological polar surface area (TPSA) is 115 Å². The molecule has 1 saturated carbocycles. The van der Waals surface area contributed by atoms with E-state index in [0.29, 0.717) is 16.8 Å². The predicted octanol–water partition coefficient (Wildman–Crippen LogP) is 2.37. The van der Waals surface area contributed by atoms with E-state index in [9.17, 15) is 23.9 Å². The Morgan fingerprint density at radius 2 is 2.09 bits per heavy atom. The van der Waals surface area contributed by atoms with Gasteiger partial charge in [-0.05, 0) is 42.3 Å². The minimum Gasteiger partial charge on any atom is -0.468 e. The first-order valence-electron chi connectivity index (χ1n) is 11.3. The Kier molecular flexibility index (Phi) is 7.48. The van der Waals surface area contributed by atoms with Crippen molar-refractivity contribution in [3.05, 3.63) is 53.1 Å². The molecule has 2 atom stereocenters. The fourth-order valence-corrected chi connectivity index (χ4v) is 5.22. The van der Waals surface area contributed by atoms with Crippen LogP contribution in [0.15, 0.2) is 36.0 Å². The monoisotopic (exact) mass is 502 g/mol. The van der Waals surface area contributed by atoms with E-state index in [-0.39, 0.29) is 42.9 Å². The Bertz CT molecular complexity index is 1160. The van der Waals surface area contributed by atoms with E-state index in [2.05, 4.69) is 10.3 Å². The van der Waals surface area contributed by atoms with Crippen LogP contribution in [-0.4, -0.2) is 67.0 Å². The number of hydrogen-bond acceptors (Lipinski definition) is 9. The van der Waals surface area contributed by atoms with Gasteiger partial charge in [-0.2, -0.15) is 0 Å². The summed E-state index contributed by atoms with van der Waals surface area (Å²) in [6, 6.07) is 5.42. The maximum atomic E-state index is 14.8. The summed E-state index contributed by atoms with van der Waals surface area (Å²) in [5.41, 5.74) is 1.15. The summed E-state index contributed by atoms with van der Waals surface area (Å²) in [7, 11) is 1.26. The largest absolute Gasteiger partial charge is 0.468 e. The molecule has 2 heterocycles. The van der Waals surface area contributed by atoms with Crippen LogP contribution in [0.3, 0.4) is 0 Å². The van der Waals surface area contributed by atoms with Crippen molar-refractivity contribution in [1.82, 2.24) is 19.9 Å². The Morgan fingerprint density at radius 1 is 1.34 bits per heavy atom. The van der Waals surface area contributed by atoms with Crippen LogP contribution in [0.25, 0.3) is 6.08 Å². The molecule has 35 heavy (non-hydrogen) atoms. The standard InChI is InChI=1S/C24H27FN4O5S/c1-15(30)35-24(33)9-10-28(13-17(24)11-18-12-26-27-29(18)14-21(31)34-2)22(23(32)16-7-8-16)19-5-3-4-6-20(19)25/h3-6,11-12,16,22,33H,7-10,13-14H2,1-2H3/b17-11+. The molecule has 2 aromatic rings. The number of aromatic nitrogens is 3. The van der Waals surface area contributed by atoms with Gasteiger partial charge in [0.05, 0.1) is 25.0 Å². The molecular weight excluding hydrogens is 475 g/mol. The highest BCUT2D eigenvalue weighted by molar-refractivity contribution is 8.14. The molecule has 186 valence electrons. The lowest BCUT2D eigenvalue weighted by Gasteiger charge is -2.42. The zero-order chi connectivity index (χ0) is 25.2. The number of hydrogen-bond donors (Lipinski definition) is 1. The van der Waals surface area contributed by atoms with E-state index in [1.54, 1.807) is 24.3 Å². The van der Waals surface area contributed by atoms with Gasteiger partial charge in [0, 0.05) is 37.9 Å². The van der Waals surface area contributed by atoms with Crippen molar-refractivity contribution in [1.29, 1.82) is 0 Å². The zero-order valence-electron chi connectivity index (χ0n) is 19.5. The van der Waals surface area contributed by atoms with Gasteiger partial charge in [-0.3, -0.25) is 19.3 Å². The maximum absolute atomic E-state index is 14.8. The van der Waals surface area contributed by atoms with Gasteiger partial charge in [-0.1, -0.05) is 23.4 Å². The number of methoxy groups -OCH3 is 1. The first-order chi connectivity index (χ1) is 16.7. The second-order valence-electron chi connectivity index (χ2n) is 8.76. The molecule has 0 amide bonds. The Hall–Kier alpha value is -2.89. The number of ketones is 1. The second-order valence-corrected chi connectivity index (χ2v) is 10.2. The molecule has 2 unspecified atom stereocenters. The molecule has 1 aromatic heterocycles. The van der Waals surface area contributed by atoms with Crippen LogP contribution >= 0.6 is 11.8 Å². The molecule has 1 N–H and O–H groups in total. The number of benzene rings is 1. The van der Waals surface area contributed by atoms with Crippen molar-refractivity contribution in [2.45, 2.75) is 43.7 Å². The number of nitrogens with zero attached hydrogens (tertiary/aromatic N) is 4. The van der Waals surface area contributed by atoms with Crippen LogP contribution in [0.4, 0.5) is 4.39 Å². The van der Waals surface area contributed by atoms with E-state index in [0.717, 1.165) is 24.6 Å². The van der Waals surface area contributed by atoms with Crippen molar-refractivity contribution >= 4 is 34.7 Å². The molecule has 1 aliphatic heterocycles. The van der Waals surface area contributed by atoms with Gasteiger partial charge in [-0.25, -0.2) is 9.07 Å². The van der Waals surface area contributed by atoms with E-state index < -0.39 is 22.8 Å². The minimum atomic E-state index is -1.54. The molecule has 0 radical (unpaired) electrons. The number of rotatable bonds is 8. The number of aliphatic hydroxyl groups is 1. The third kappa shape index (κ3) is 5.68. The maximum Gasteiger partial charge on any atom is 0.327 e. The van der Waals surface area contributed by atoms with Crippen LogP contribution in [0, 0.1) is 11.7 Å². The van der Waals surface area contributed by atoms with Gasteiger partial charge in [0.1, 0.15) is 17.3 Å². The average Bonchev–Trinajstić information content (AvgIpc) is 3.58. The molecular formula is C24H27FN4O5S. The van der Waals surface area contributed by atoms with Crippen LogP contribution in [-0.2, 0) is 25.7 Å².